The van der Waals surface area contributed by atoms with E-state index in [9.17, 15) is 14.4 Å². The Morgan fingerprint density at radius 2 is 1.63 bits per heavy atom. The molecule has 2 N–H and O–H groups in total. The molecule has 30 heavy (non-hydrogen) atoms. The Morgan fingerprint density at radius 3 is 2.30 bits per heavy atom. The number of aromatic nitrogens is 3. The molecule has 0 spiro atoms. The molecule has 7 nitrogen and oxygen atoms in total. The number of carbonyl (C=O) groups is 1. The molecular weight excluding hydrogens is 380 g/mol. The normalized spacial score (nSPS) is 11.1. The first-order valence-corrected chi connectivity index (χ1v) is 9.56. The van der Waals surface area contributed by atoms with Gasteiger partial charge < -0.3 is 14.9 Å². The summed E-state index contributed by atoms with van der Waals surface area (Å²) >= 11 is 0. The number of fused-ring (bicyclic) bond motifs is 1. The molecule has 0 fully saturated rings. The van der Waals surface area contributed by atoms with E-state index in [0.29, 0.717) is 11.4 Å². The van der Waals surface area contributed by atoms with Gasteiger partial charge in [-0.15, -0.1) is 0 Å². The zero-order chi connectivity index (χ0) is 21.6. The highest BCUT2D eigenvalue weighted by atomic mass is 16.2. The van der Waals surface area contributed by atoms with Crippen molar-refractivity contribution in [2.45, 2.75) is 20.8 Å². The molecule has 7 heteroatoms. The Balaban J connectivity index is 1.83. The molecule has 0 saturated heterocycles. The monoisotopic (exact) mass is 402 g/mol. The van der Waals surface area contributed by atoms with E-state index in [-0.39, 0.29) is 16.6 Å². The summed E-state index contributed by atoms with van der Waals surface area (Å²) < 4.78 is 2.64. The Hall–Kier alpha value is -3.87. The van der Waals surface area contributed by atoms with Crippen molar-refractivity contribution in [3.8, 4) is 5.69 Å². The fourth-order valence-corrected chi connectivity index (χ4v) is 3.62. The van der Waals surface area contributed by atoms with Crippen molar-refractivity contribution in [2.75, 3.05) is 5.32 Å². The van der Waals surface area contributed by atoms with Gasteiger partial charge >= 0.3 is 5.69 Å². The van der Waals surface area contributed by atoms with E-state index in [1.54, 1.807) is 29.9 Å². The lowest BCUT2D eigenvalue weighted by Crippen LogP contribution is -2.34. The quantitative estimate of drug-likeness (QED) is 0.552. The lowest BCUT2D eigenvalue weighted by molar-refractivity contribution is 0.102. The van der Waals surface area contributed by atoms with Gasteiger partial charge in [0.05, 0.1) is 16.8 Å². The Labute approximate surface area is 172 Å². The summed E-state index contributed by atoms with van der Waals surface area (Å²) in [6, 6.07) is 12.8. The number of nitrogens with one attached hydrogen (secondary N) is 2. The van der Waals surface area contributed by atoms with E-state index in [1.807, 2.05) is 51.1 Å². The summed E-state index contributed by atoms with van der Waals surface area (Å²) in [5.74, 6) is -0.393. The van der Waals surface area contributed by atoms with Crippen LogP contribution in [-0.4, -0.2) is 20.0 Å². The first kappa shape index (κ1) is 19.4. The fraction of sp³-hybridized carbons (Fsp3) is 0.174. The number of hydrogen-bond acceptors (Lipinski definition) is 3. The van der Waals surface area contributed by atoms with Gasteiger partial charge in [-0.3, -0.25) is 9.59 Å². The SMILES string of the molecule is Cc1ccc(-n2c(=O)[nH]c3c(C(=O)Nc4ccc(C)cc4C)cn(C)c3c2=O)cc1. The van der Waals surface area contributed by atoms with Gasteiger partial charge in [-0.25, -0.2) is 9.36 Å². The maximum Gasteiger partial charge on any atom is 0.333 e. The van der Waals surface area contributed by atoms with Crippen LogP contribution in [0.4, 0.5) is 5.69 Å². The van der Waals surface area contributed by atoms with E-state index >= 15 is 0 Å². The molecule has 1 amide bonds. The minimum atomic E-state index is -0.594. The molecule has 0 saturated carbocycles. The van der Waals surface area contributed by atoms with Gasteiger partial charge in [0.2, 0.25) is 0 Å². The number of carbonyl (C=O) groups excluding carboxylic acids is 1. The standard InChI is InChI=1S/C23H22N4O3/c1-13-5-8-16(9-6-13)27-22(29)20-19(25-23(27)30)17(12-26(20)4)21(28)24-18-10-7-14(2)11-15(18)3/h5-12H,1-4H3,(H,24,28)(H,25,30). The molecule has 152 valence electrons. The average Bonchev–Trinajstić information content (AvgIpc) is 3.02. The lowest BCUT2D eigenvalue weighted by atomic mass is 10.1. The second kappa shape index (κ2) is 7.18. The molecule has 2 aromatic carbocycles. The summed E-state index contributed by atoms with van der Waals surface area (Å²) in [5, 5.41) is 2.87. The van der Waals surface area contributed by atoms with E-state index < -0.39 is 17.2 Å². The largest absolute Gasteiger partial charge is 0.344 e. The third-order valence-corrected chi connectivity index (χ3v) is 5.19. The minimum absolute atomic E-state index is 0.220. The second-order valence-electron chi connectivity index (χ2n) is 7.56. The third-order valence-electron chi connectivity index (χ3n) is 5.19. The Kier molecular flexibility index (Phi) is 4.66. The van der Waals surface area contributed by atoms with Crippen molar-refractivity contribution >= 4 is 22.6 Å². The maximum atomic E-state index is 13.1. The van der Waals surface area contributed by atoms with Crippen molar-refractivity contribution in [2.24, 2.45) is 7.05 Å². The number of benzene rings is 2. The zero-order valence-corrected chi connectivity index (χ0v) is 17.2. The first-order valence-electron chi connectivity index (χ1n) is 9.56. The predicted octanol–water partition coefficient (Wildman–Crippen LogP) is 3.20. The van der Waals surface area contributed by atoms with Crippen LogP contribution in [0.5, 0.6) is 0 Å². The van der Waals surface area contributed by atoms with E-state index in [2.05, 4.69) is 10.3 Å². The van der Waals surface area contributed by atoms with Gasteiger partial charge in [0.25, 0.3) is 11.5 Å². The van der Waals surface area contributed by atoms with Gasteiger partial charge in [-0.1, -0.05) is 35.4 Å². The van der Waals surface area contributed by atoms with Crippen molar-refractivity contribution in [3.05, 3.63) is 91.8 Å². The summed E-state index contributed by atoms with van der Waals surface area (Å²) in [6.45, 7) is 5.82. The molecule has 4 rings (SSSR count). The average molecular weight is 402 g/mol. The van der Waals surface area contributed by atoms with E-state index in [4.69, 9.17) is 0 Å². The van der Waals surface area contributed by atoms with Crippen LogP contribution in [0, 0.1) is 20.8 Å². The van der Waals surface area contributed by atoms with Crippen molar-refractivity contribution in [1.82, 2.24) is 14.1 Å². The predicted molar refractivity (Wildman–Crippen MR) is 118 cm³/mol. The molecule has 2 aromatic heterocycles. The molecule has 0 aliphatic heterocycles. The highest BCUT2D eigenvalue weighted by molar-refractivity contribution is 6.12. The number of aromatic amines is 1. The second-order valence-corrected chi connectivity index (χ2v) is 7.56. The minimum Gasteiger partial charge on any atom is -0.344 e. The number of nitrogens with zero attached hydrogens (tertiary/aromatic N) is 2. The van der Waals surface area contributed by atoms with Gasteiger partial charge in [0.15, 0.2) is 0 Å². The summed E-state index contributed by atoms with van der Waals surface area (Å²) in [4.78, 5) is 41.5. The van der Waals surface area contributed by atoms with Crippen molar-refractivity contribution in [1.29, 1.82) is 0 Å². The Bertz CT molecular complexity index is 1410. The van der Waals surface area contributed by atoms with Gasteiger partial charge in [-0.2, -0.15) is 0 Å². The molecule has 4 aromatic rings. The van der Waals surface area contributed by atoms with E-state index in [0.717, 1.165) is 21.3 Å². The molecule has 0 atom stereocenters. The fourth-order valence-electron chi connectivity index (χ4n) is 3.62. The van der Waals surface area contributed by atoms with Crippen LogP contribution in [0.3, 0.4) is 0 Å². The van der Waals surface area contributed by atoms with Gasteiger partial charge in [-0.05, 0) is 44.5 Å². The van der Waals surface area contributed by atoms with Crippen LogP contribution >= 0.6 is 0 Å². The number of anilines is 1. The zero-order valence-electron chi connectivity index (χ0n) is 17.2. The molecule has 2 heterocycles. The third kappa shape index (κ3) is 3.24. The van der Waals surface area contributed by atoms with Crippen LogP contribution in [0.25, 0.3) is 16.7 Å². The Morgan fingerprint density at radius 1 is 0.967 bits per heavy atom. The summed E-state index contributed by atoms with van der Waals surface area (Å²) in [7, 11) is 1.68. The highest BCUT2D eigenvalue weighted by Gasteiger charge is 2.20. The smallest absolute Gasteiger partial charge is 0.333 e. The number of rotatable bonds is 3. The molecular formula is C23H22N4O3. The lowest BCUT2D eigenvalue weighted by Gasteiger charge is -2.09. The number of H-pyrrole nitrogens is 1. The van der Waals surface area contributed by atoms with Crippen LogP contribution in [0.15, 0.2) is 58.3 Å². The summed E-state index contributed by atoms with van der Waals surface area (Å²) in [6.07, 6.45) is 1.56. The highest BCUT2D eigenvalue weighted by Crippen LogP contribution is 2.20. The van der Waals surface area contributed by atoms with E-state index in [1.165, 1.54) is 0 Å². The molecule has 0 unspecified atom stereocenters. The van der Waals surface area contributed by atoms with Crippen molar-refractivity contribution < 1.29 is 4.79 Å². The maximum absolute atomic E-state index is 13.1. The molecule has 0 aliphatic rings. The molecule has 0 radical (unpaired) electrons. The van der Waals surface area contributed by atoms with Crippen LogP contribution < -0.4 is 16.6 Å². The number of aryl methyl sites for hydroxylation is 4. The van der Waals surface area contributed by atoms with Crippen molar-refractivity contribution in [3.63, 3.8) is 0 Å². The van der Waals surface area contributed by atoms with Gasteiger partial charge in [0, 0.05) is 18.9 Å². The topological polar surface area (TPSA) is 88.9 Å². The van der Waals surface area contributed by atoms with Crippen LogP contribution in [0.2, 0.25) is 0 Å². The summed E-state index contributed by atoms with van der Waals surface area (Å²) in [5.41, 5.74) is 3.82. The molecule has 0 bridgehead atoms. The first-order chi connectivity index (χ1) is 14.3. The molecule has 0 aliphatic carbocycles. The van der Waals surface area contributed by atoms with Crippen LogP contribution in [-0.2, 0) is 7.05 Å². The van der Waals surface area contributed by atoms with Gasteiger partial charge in [0.1, 0.15) is 5.52 Å². The number of amides is 1. The van der Waals surface area contributed by atoms with Crippen LogP contribution in [0.1, 0.15) is 27.0 Å². The number of hydrogen-bond donors (Lipinski definition) is 2.